The quantitative estimate of drug-likeness (QED) is 0.814. The van der Waals surface area contributed by atoms with Gasteiger partial charge in [0.2, 0.25) is 0 Å². The first-order chi connectivity index (χ1) is 8.49. The highest BCUT2D eigenvalue weighted by Crippen LogP contribution is 2.29. The highest BCUT2D eigenvalue weighted by atomic mass is 16.5. The summed E-state index contributed by atoms with van der Waals surface area (Å²) in [5.74, 6) is 1.68. The van der Waals surface area contributed by atoms with Crippen LogP contribution in [0.2, 0.25) is 0 Å². The Labute approximate surface area is 109 Å². The summed E-state index contributed by atoms with van der Waals surface area (Å²) in [5.41, 5.74) is 6.94. The van der Waals surface area contributed by atoms with E-state index in [4.69, 9.17) is 15.2 Å². The molecule has 0 aliphatic heterocycles. The van der Waals surface area contributed by atoms with Crippen LogP contribution in [0, 0.1) is 0 Å². The van der Waals surface area contributed by atoms with Gasteiger partial charge >= 0.3 is 0 Å². The minimum atomic E-state index is 0.101. The van der Waals surface area contributed by atoms with E-state index in [9.17, 15) is 0 Å². The molecular formula is C14H24N2O2. The Kier molecular flexibility index (Phi) is 5.44. The molecule has 4 nitrogen and oxygen atoms in total. The molecule has 0 bridgehead atoms. The molecular weight excluding hydrogens is 228 g/mol. The van der Waals surface area contributed by atoms with Crippen molar-refractivity contribution in [2.45, 2.75) is 38.9 Å². The molecule has 0 aliphatic rings. The highest BCUT2D eigenvalue weighted by Gasteiger charge is 2.16. The molecule has 0 heterocycles. The van der Waals surface area contributed by atoms with E-state index in [0.29, 0.717) is 0 Å². The lowest BCUT2D eigenvalue weighted by Crippen LogP contribution is -2.42. The Morgan fingerprint density at radius 2 is 1.78 bits per heavy atom. The summed E-state index contributed by atoms with van der Waals surface area (Å²) >= 11 is 0. The van der Waals surface area contributed by atoms with E-state index in [1.54, 1.807) is 14.2 Å². The largest absolute Gasteiger partial charge is 0.497 e. The molecule has 0 radical (unpaired) electrons. The SMILES string of the molecule is COc1ccc(OC)c(C(C)NC(C)C(C)N)c1. The van der Waals surface area contributed by atoms with Gasteiger partial charge in [-0.15, -0.1) is 0 Å². The molecule has 0 spiro atoms. The zero-order chi connectivity index (χ0) is 13.7. The molecule has 3 unspecified atom stereocenters. The lowest BCUT2D eigenvalue weighted by Gasteiger charge is -2.24. The van der Waals surface area contributed by atoms with E-state index < -0.39 is 0 Å². The van der Waals surface area contributed by atoms with Crippen molar-refractivity contribution < 1.29 is 9.47 Å². The molecule has 0 aromatic heterocycles. The minimum Gasteiger partial charge on any atom is -0.497 e. The first-order valence-corrected chi connectivity index (χ1v) is 6.23. The minimum absolute atomic E-state index is 0.101. The topological polar surface area (TPSA) is 56.5 Å². The van der Waals surface area contributed by atoms with Gasteiger partial charge < -0.3 is 20.5 Å². The van der Waals surface area contributed by atoms with Crippen LogP contribution in [0.5, 0.6) is 11.5 Å². The van der Waals surface area contributed by atoms with Gasteiger partial charge in [-0.05, 0) is 39.0 Å². The van der Waals surface area contributed by atoms with Crippen LogP contribution in [0.15, 0.2) is 18.2 Å². The first kappa shape index (κ1) is 14.8. The maximum atomic E-state index is 5.87. The van der Waals surface area contributed by atoms with Crippen molar-refractivity contribution in [1.29, 1.82) is 0 Å². The van der Waals surface area contributed by atoms with E-state index in [-0.39, 0.29) is 18.1 Å². The number of rotatable bonds is 6. The van der Waals surface area contributed by atoms with E-state index >= 15 is 0 Å². The Hall–Kier alpha value is -1.26. The van der Waals surface area contributed by atoms with E-state index in [1.807, 2.05) is 25.1 Å². The number of nitrogens with one attached hydrogen (secondary N) is 1. The Balaban J connectivity index is 2.91. The summed E-state index contributed by atoms with van der Waals surface area (Å²) in [4.78, 5) is 0. The van der Waals surface area contributed by atoms with Crippen LogP contribution in [0.4, 0.5) is 0 Å². The fraction of sp³-hybridized carbons (Fsp3) is 0.571. The maximum absolute atomic E-state index is 5.87. The number of hydrogen-bond donors (Lipinski definition) is 2. The van der Waals surface area contributed by atoms with Crippen LogP contribution in [0.3, 0.4) is 0 Å². The maximum Gasteiger partial charge on any atom is 0.123 e. The Morgan fingerprint density at radius 3 is 2.28 bits per heavy atom. The Morgan fingerprint density at radius 1 is 1.11 bits per heavy atom. The lowest BCUT2D eigenvalue weighted by atomic mass is 10.0. The second-order valence-electron chi connectivity index (χ2n) is 4.64. The monoisotopic (exact) mass is 252 g/mol. The molecule has 102 valence electrons. The van der Waals surface area contributed by atoms with Gasteiger partial charge in [-0.1, -0.05) is 0 Å². The number of ether oxygens (including phenoxy) is 2. The normalized spacial score (nSPS) is 15.9. The molecule has 0 aliphatic carbocycles. The van der Waals surface area contributed by atoms with Gasteiger partial charge in [0.15, 0.2) is 0 Å². The average molecular weight is 252 g/mol. The third kappa shape index (κ3) is 3.62. The van der Waals surface area contributed by atoms with E-state index in [1.165, 1.54) is 0 Å². The van der Waals surface area contributed by atoms with Crippen molar-refractivity contribution in [2.75, 3.05) is 14.2 Å². The average Bonchev–Trinajstić information content (AvgIpc) is 2.37. The predicted molar refractivity (Wildman–Crippen MR) is 74.2 cm³/mol. The summed E-state index contributed by atoms with van der Waals surface area (Å²) < 4.78 is 10.6. The Bertz CT molecular complexity index is 380. The molecule has 4 heteroatoms. The van der Waals surface area contributed by atoms with Gasteiger partial charge in [-0.2, -0.15) is 0 Å². The van der Waals surface area contributed by atoms with Gasteiger partial charge in [0, 0.05) is 23.7 Å². The molecule has 0 saturated carbocycles. The third-order valence-electron chi connectivity index (χ3n) is 3.20. The predicted octanol–water partition coefficient (Wildman–Crippen LogP) is 2.09. The molecule has 1 rings (SSSR count). The van der Waals surface area contributed by atoms with Gasteiger partial charge in [-0.3, -0.25) is 0 Å². The van der Waals surface area contributed by atoms with Crippen molar-refractivity contribution in [2.24, 2.45) is 5.73 Å². The molecule has 3 atom stereocenters. The standard InChI is InChI=1S/C14H24N2O2/c1-9(15)10(2)16-11(3)13-8-12(17-4)6-7-14(13)18-5/h6-11,16H,15H2,1-5H3. The second-order valence-corrected chi connectivity index (χ2v) is 4.64. The van der Waals surface area contributed by atoms with E-state index in [0.717, 1.165) is 17.1 Å². The molecule has 18 heavy (non-hydrogen) atoms. The van der Waals surface area contributed by atoms with Crippen molar-refractivity contribution in [3.05, 3.63) is 23.8 Å². The summed E-state index contributed by atoms with van der Waals surface area (Å²) in [6.07, 6.45) is 0. The molecule has 1 aromatic rings. The van der Waals surface area contributed by atoms with Crippen LogP contribution in [-0.4, -0.2) is 26.3 Å². The number of nitrogens with two attached hydrogens (primary N) is 1. The summed E-state index contributed by atoms with van der Waals surface area (Å²) in [5, 5.41) is 3.46. The van der Waals surface area contributed by atoms with Crippen molar-refractivity contribution >= 4 is 0 Å². The van der Waals surface area contributed by atoms with Crippen LogP contribution in [-0.2, 0) is 0 Å². The summed E-state index contributed by atoms with van der Waals surface area (Å²) in [6, 6.07) is 6.29. The third-order valence-corrected chi connectivity index (χ3v) is 3.20. The molecule has 0 saturated heterocycles. The van der Waals surface area contributed by atoms with Crippen molar-refractivity contribution in [3.63, 3.8) is 0 Å². The van der Waals surface area contributed by atoms with Crippen molar-refractivity contribution in [1.82, 2.24) is 5.32 Å². The first-order valence-electron chi connectivity index (χ1n) is 6.23. The van der Waals surface area contributed by atoms with Gasteiger partial charge in [0.25, 0.3) is 0 Å². The smallest absolute Gasteiger partial charge is 0.123 e. The molecule has 1 aromatic carbocycles. The summed E-state index contributed by atoms with van der Waals surface area (Å²) in [6.45, 7) is 6.16. The zero-order valence-corrected chi connectivity index (χ0v) is 11.9. The fourth-order valence-electron chi connectivity index (χ4n) is 1.81. The number of methoxy groups -OCH3 is 2. The lowest BCUT2D eigenvalue weighted by molar-refractivity contribution is 0.380. The highest BCUT2D eigenvalue weighted by molar-refractivity contribution is 5.42. The molecule has 0 fully saturated rings. The molecule has 0 amide bonds. The van der Waals surface area contributed by atoms with Gasteiger partial charge in [-0.25, -0.2) is 0 Å². The number of benzene rings is 1. The van der Waals surface area contributed by atoms with Crippen LogP contribution in [0.1, 0.15) is 32.4 Å². The van der Waals surface area contributed by atoms with Gasteiger partial charge in [0.05, 0.1) is 14.2 Å². The van der Waals surface area contributed by atoms with Crippen LogP contribution >= 0.6 is 0 Å². The second kappa shape index (κ2) is 6.61. The number of hydrogen-bond acceptors (Lipinski definition) is 4. The van der Waals surface area contributed by atoms with Crippen LogP contribution < -0.4 is 20.5 Å². The van der Waals surface area contributed by atoms with E-state index in [2.05, 4.69) is 19.2 Å². The van der Waals surface area contributed by atoms with Crippen molar-refractivity contribution in [3.8, 4) is 11.5 Å². The van der Waals surface area contributed by atoms with Crippen LogP contribution in [0.25, 0.3) is 0 Å². The zero-order valence-electron chi connectivity index (χ0n) is 11.9. The fourth-order valence-corrected chi connectivity index (χ4v) is 1.81. The summed E-state index contributed by atoms with van der Waals surface area (Å²) in [7, 11) is 3.33. The molecule has 3 N–H and O–H groups in total. The van der Waals surface area contributed by atoms with Gasteiger partial charge in [0.1, 0.15) is 11.5 Å².